The number of alkyl halides is 3. The second kappa shape index (κ2) is 12.1. The van der Waals surface area contributed by atoms with Crippen LogP contribution >= 0.6 is 11.6 Å². The van der Waals surface area contributed by atoms with Gasteiger partial charge in [0.15, 0.2) is 0 Å². The molecule has 1 aromatic carbocycles. The molecule has 1 aliphatic heterocycles. The highest BCUT2D eigenvalue weighted by atomic mass is 35.5. The van der Waals surface area contributed by atoms with E-state index in [0.717, 1.165) is 25.7 Å². The molecule has 212 valence electrons. The summed E-state index contributed by atoms with van der Waals surface area (Å²) in [7, 11) is 2.00. The lowest BCUT2D eigenvalue weighted by atomic mass is 9.89. The molecular formula is C27H34ClF3N6O2. The number of rotatable bonds is 7. The van der Waals surface area contributed by atoms with Crippen molar-refractivity contribution in [2.75, 3.05) is 38.5 Å². The van der Waals surface area contributed by atoms with Gasteiger partial charge >= 0.3 is 6.18 Å². The normalized spacial score (nSPS) is 20.4. The monoisotopic (exact) mass is 566 g/mol. The molecular weight excluding hydrogens is 533 g/mol. The molecule has 12 heteroatoms. The molecule has 0 unspecified atom stereocenters. The number of amides is 2. The smallest absolute Gasteiger partial charge is 0.354 e. The molecule has 2 aliphatic rings. The van der Waals surface area contributed by atoms with Gasteiger partial charge in [0, 0.05) is 50.0 Å². The first-order chi connectivity index (χ1) is 18.4. The van der Waals surface area contributed by atoms with Crippen LogP contribution in [-0.2, 0) is 17.4 Å². The van der Waals surface area contributed by atoms with E-state index in [4.69, 9.17) is 11.6 Å². The molecule has 2 amide bonds. The number of carbonyl (C=O) groups is 2. The minimum Gasteiger partial charge on any atom is -0.354 e. The molecule has 2 fully saturated rings. The highest BCUT2D eigenvalue weighted by molar-refractivity contribution is 6.34. The quantitative estimate of drug-likeness (QED) is 0.502. The Balaban J connectivity index is 1.52. The molecule has 8 nitrogen and oxygen atoms in total. The van der Waals surface area contributed by atoms with Gasteiger partial charge in [0.2, 0.25) is 11.9 Å². The van der Waals surface area contributed by atoms with Gasteiger partial charge in [0.25, 0.3) is 5.91 Å². The maximum Gasteiger partial charge on any atom is 0.419 e. The molecule has 2 atom stereocenters. The summed E-state index contributed by atoms with van der Waals surface area (Å²) < 4.78 is 41.5. The first-order valence-corrected chi connectivity index (χ1v) is 13.6. The van der Waals surface area contributed by atoms with Crippen molar-refractivity contribution in [2.45, 2.75) is 51.7 Å². The number of hydrogen-bond donors (Lipinski definition) is 2. The molecule has 0 spiro atoms. The molecule has 2 heterocycles. The van der Waals surface area contributed by atoms with Gasteiger partial charge in [-0.2, -0.15) is 13.2 Å². The van der Waals surface area contributed by atoms with Gasteiger partial charge in [-0.3, -0.25) is 9.59 Å². The number of nitrogens with one attached hydrogen (secondary N) is 2. The fourth-order valence-electron chi connectivity index (χ4n) is 5.21. The van der Waals surface area contributed by atoms with Gasteiger partial charge in [-0.1, -0.05) is 18.0 Å². The van der Waals surface area contributed by atoms with Gasteiger partial charge < -0.3 is 20.4 Å². The predicted molar refractivity (Wildman–Crippen MR) is 143 cm³/mol. The van der Waals surface area contributed by atoms with Gasteiger partial charge in [-0.15, -0.1) is 0 Å². The summed E-state index contributed by atoms with van der Waals surface area (Å²) in [6.45, 7) is 6.48. The Morgan fingerprint density at radius 3 is 2.51 bits per heavy atom. The van der Waals surface area contributed by atoms with Crippen LogP contribution in [0.15, 0.2) is 24.4 Å². The van der Waals surface area contributed by atoms with E-state index >= 15 is 0 Å². The Morgan fingerprint density at radius 1 is 1.15 bits per heavy atom. The van der Waals surface area contributed by atoms with E-state index in [0.29, 0.717) is 37.2 Å². The Labute approximate surface area is 231 Å². The molecule has 4 rings (SSSR count). The van der Waals surface area contributed by atoms with E-state index in [2.05, 4.69) is 25.5 Å². The van der Waals surface area contributed by atoms with Crippen LogP contribution in [-0.4, -0.2) is 70.9 Å². The van der Waals surface area contributed by atoms with Crippen LogP contribution in [0.3, 0.4) is 0 Å². The number of aromatic nitrogens is 2. The maximum absolute atomic E-state index is 13.8. The van der Waals surface area contributed by atoms with E-state index < -0.39 is 11.7 Å². The zero-order chi connectivity index (χ0) is 28.3. The van der Waals surface area contributed by atoms with Crippen molar-refractivity contribution in [1.29, 1.82) is 0 Å². The minimum absolute atomic E-state index is 0.0153. The molecule has 1 aromatic heterocycles. The summed E-state index contributed by atoms with van der Waals surface area (Å²) in [6, 6.07) is 4.70. The van der Waals surface area contributed by atoms with Crippen molar-refractivity contribution in [2.24, 2.45) is 11.8 Å². The number of anilines is 2. The third kappa shape index (κ3) is 7.19. The summed E-state index contributed by atoms with van der Waals surface area (Å²) >= 11 is 6.42. The second-order valence-electron chi connectivity index (χ2n) is 10.6. The minimum atomic E-state index is -4.63. The van der Waals surface area contributed by atoms with E-state index in [-0.39, 0.29) is 52.8 Å². The molecule has 2 aromatic rings. The van der Waals surface area contributed by atoms with Gasteiger partial charge in [-0.25, -0.2) is 9.97 Å². The predicted octanol–water partition coefficient (Wildman–Crippen LogP) is 4.76. The van der Waals surface area contributed by atoms with Gasteiger partial charge in [-0.05, 0) is 64.3 Å². The molecule has 0 radical (unpaired) electrons. The Morgan fingerprint density at radius 2 is 1.87 bits per heavy atom. The highest BCUT2D eigenvalue weighted by Crippen LogP contribution is 2.38. The average Bonchev–Trinajstić information content (AvgIpc) is 3.31. The zero-order valence-electron chi connectivity index (χ0n) is 22.3. The topological polar surface area (TPSA) is 90.5 Å². The fraction of sp³-hybridized carbons (Fsp3) is 0.556. The lowest BCUT2D eigenvalue weighted by Gasteiger charge is -2.32. The Bertz CT molecular complexity index is 1200. The van der Waals surface area contributed by atoms with Crippen LogP contribution in [0.2, 0.25) is 5.02 Å². The van der Waals surface area contributed by atoms with Crippen molar-refractivity contribution in [3.8, 4) is 0 Å². The fourth-order valence-corrected chi connectivity index (χ4v) is 5.47. The number of carbonyl (C=O) groups excluding carboxylic acids is 2. The summed E-state index contributed by atoms with van der Waals surface area (Å²) in [6.07, 6.45) is -1.78. The highest BCUT2D eigenvalue weighted by Gasteiger charge is 2.39. The summed E-state index contributed by atoms with van der Waals surface area (Å²) in [4.78, 5) is 37.6. The average molecular weight is 567 g/mol. The largest absolute Gasteiger partial charge is 0.419 e. The Hall–Kier alpha value is -2.92. The van der Waals surface area contributed by atoms with E-state index in [1.807, 2.05) is 20.9 Å². The standard InChI is InChI=1S/C27H34ClF3N6O2/c1-16(2)33-24(38)19-6-4-5-17(19)13-23-21(27(29,30)31)15-32-26(35-23)34-18-7-8-20(22(28)14-18)25(39)37-11-9-36(3)10-12-37/h7-8,14-17,19H,4-6,9-13H2,1-3H3,(H,33,38)(H,32,34,35)/t17-,19-/m0/s1. The zero-order valence-corrected chi connectivity index (χ0v) is 23.1. The van der Waals surface area contributed by atoms with Crippen LogP contribution in [0.1, 0.15) is 54.7 Å². The van der Waals surface area contributed by atoms with Crippen molar-refractivity contribution in [1.82, 2.24) is 25.1 Å². The number of piperazine rings is 1. The second-order valence-corrected chi connectivity index (χ2v) is 11.0. The summed E-state index contributed by atoms with van der Waals surface area (Å²) in [5.74, 6) is -0.922. The van der Waals surface area contributed by atoms with Crippen LogP contribution in [0, 0.1) is 11.8 Å². The number of halogens is 4. The van der Waals surface area contributed by atoms with E-state index in [1.165, 1.54) is 6.07 Å². The molecule has 1 aliphatic carbocycles. The van der Waals surface area contributed by atoms with Gasteiger partial charge in [0.05, 0.1) is 21.8 Å². The lowest BCUT2D eigenvalue weighted by molar-refractivity contribution is -0.138. The summed E-state index contributed by atoms with van der Waals surface area (Å²) in [5, 5.41) is 6.02. The van der Waals surface area contributed by atoms with Crippen LogP contribution in [0.4, 0.5) is 24.8 Å². The van der Waals surface area contributed by atoms with E-state index in [9.17, 15) is 22.8 Å². The van der Waals surface area contributed by atoms with Crippen molar-refractivity contribution in [3.05, 3.63) is 46.2 Å². The first kappa shape index (κ1) is 29.1. The van der Waals surface area contributed by atoms with Crippen LogP contribution in [0.25, 0.3) is 0 Å². The third-order valence-corrected chi connectivity index (χ3v) is 7.61. The number of benzene rings is 1. The number of nitrogens with zero attached hydrogens (tertiary/aromatic N) is 4. The van der Waals surface area contributed by atoms with Crippen molar-refractivity contribution >= 4 is 35.1 Å². The van der Waals surface area contributed by atoms with Crippen LogP contribution < -0.4 is 10.6 Å². The molecule has 1 saturated carbocycles. The van der Waals surface area contributed by atoms with Crippen molar-refractivity contribution < 1.29 is 22.8 Å². The molecule has 2 N–H and O–H groups in total. The Kier molecular flexibility index (Phi) is 9.00. The SMILES string of the molecule is CC(C)NC(=O)[C@H]1CCC[C@H]1Cc1nc(Nc2ccc(C(=O)N3CCN(C)CC3)c(Cl)c2)ncc1C(F)(F)F. The van der Waals surface area contributed by atoms with E-state index in [1.54, 1.807) is 17.0 Å². The van der Waals surface area contributed by atoms with Crippen molar-refractivity contribution in [3.63, 3.8) is 0 Å². The number of likely N-dealkylation sites (N-methyl/N-ethyl adjacent to an activating group) is 1. The molecule has 39 heavy (non-hydrogen) atoms. The lowest BCUT2D eigenvalue weighted by Crippen LogP contribution is -2.47. The molecule has 0 bridgehead atoms. The molecule has 1 saturated heterocycles. The number of hydrogen-bond acceptors (Lipinski definition) is 6. The summed E-state index contributed by atoms with van der Waals surface area (Å²) in [5.41, 5.74) is -0.264. The van der Waals surface area contributed by atoms with Crippen LogP contribution in [0.5, 0.6) is 0 Å². The van der Waals surface area contributed by atoms with Gasteiger partial charge in [0.1, 0.15) is 0 Å². The maximum atomic E-state index is 13.8. The first-order valence-electron chi connectivity index (χ1n) is 13.2. The third-order valence-electron chi connectivity index (χ3n) is 7.30.